The largest absolute Gasteiger partial charge is 0.480 e. The molecule has 1 rings (SSSR count). The lowest BCUT2D eigenvalue weighted by atomic mass is 10.3. The lowest BCUT2D eigenvalue weighted by Gasteiger charge is -2.20. The molecule has 1 heterocycles. The standard InChI is InChI=1S/C12H16N4O4/c1-7-3-4-9(8(2)14-7)15-12(20)16(5-10(13)17)6-11(18)19/h3-4H,5-6H2,1-2H3,(H2,13,17)(H,15,20)(H,18,19). The summed E-state index contributed by atoms with van der Waals surface area (Å²) < 4.78 is 0. The van der Waals surface area contributed by atoms with Gasteiger partial charge >= 0.3 is 12.0 Å². The summed E-state index contributed by atoms with van der Waals surface area (Å²) in [5.41, 5.74) is 6.81. The lowest BCUT2D eigenvalue weighted by molar-refractivity contribution is -0.137. The van der Waals surface area contributed by atoms with Gasteiger partial charge in [-0.05, 0) is 26.0 Å². The Morgan fingerprint density at radius 1 is 1.30 bits per heavy atom. The zero-order valence-electron chi connectivity index (χ0n) is 11.2. The van der Waals surface area contributed by atoms with E-state index in [1.807, 2.05) is 6.92 Å². The van der Waals surface area contributed by atoms with Crippen molar-refractivity contribution >= 4 is 23.6 Å². The highest BCUT2D eigenvalue weighted by Gasteiger charge is 2.19. The summed E-state index contributed by atoms with van der Waals surface area (Å²) in [4.78, 5) is 38.4. The van der Waals surface area contributed by atoms with E-state index in [9.17, 15) is 14.4 Å². The van der Waals surface area contributed by atoms with Crippen molar-refractivity contribution in [3.8, 4) is 0 Å². The van der Waals surface area contributed by atoms with Gasteiger partial charge in [0.2, 0.25) is 5.91 Å². The molecule has 0 aromatic carbocycles. The first-order chi connectivity index (χ1) is 9.29. The second kappa shape index (κ2) is 6.50. The van der Waals surface area contributed by atoms with Gasteiger partial charge in [0.05, 0.1) is 11.4 Å². The predicted octanol–water partition coefficient (Wildman–Crippen LogP) is 0.102. The first-order valence-electron chi connectivity index (χ1n) is 5.80. The Bertz CT molecular complexity index is 528. The molecule has 0 aliphatic heterocycles. The predicted molar refractivity (Wildman–Crippen MR) is 71.1 cm³/mol. The molecule has 8 nitrogen and oxygen atoms in total. The minimum atomic E-state index is -1.24. The van der Waals surface area contributed by atoms with E-state index < -0.39 is 31.0 Å². The van der Waals surface area contributed by atoms with Crippen molar-refractivity contribution in [3.63, 3.8) is 0 Å². The first kappa shape index (κ1) is 15.4. The Morgan fingerprint density at radius 3 is 2.45 bits per heavy atom. The molecular formula is C12H16N4O4. The molecule has 20 heavy (non-hydrogen) atoms. The zero-order chi connectivity index (χ0) is 15.3. The first-order valence-corrected chi connectivity index (χ1v) is 5.80. The summed E-state index contributed by atoms with van der Waals surface area (Å²) in [7, 11) is 0. The number of aromatic nitrogens is 1. The average Bonchev–Trinajstić information content (AvgIpc) is 2.30. The van der Waals surface area contributed by atoms with E-state index in [1.54, 1.807) is 19.1 Å². The monoisotopic (exact) mass is 280 g/mol. The van der Waals surface area contributed by atoms with Crippen LogP contribution in [0.1, 0.15) is 11.4 Å². The third-order valence-electron chi connectivity index (χ3n) is 2.43. The van der Waals surface area contributed by atoms with Crippen LogP contribution in [-0.2, 0) is 9.59 Å². The maximum absolute atomic E-state index is 11.9. The molecule has 108 valence electrons. The number of aliphatic carboxylic acids is 1. The molecule has 0 spiro atoms. The Hall–Kier alpha value is -2.64. The van der Waals surface area contributed by atoms with Gasteiger partial charge in [-0.2, -0.15) is 0 Å². The van der Waals surface area contributed by atoms with Crippen LogP contribution in [-0.4, -0.2) is 46.0 Å². The van der Waals surface area contributed by atoms with Crippen molar-refractivity contribution in [2.45, 2.75) is 13.8 Å². The van der Waals surface area contributed by atoms with Crippen LogP contribution in [0.3, 0.4) is 0 Å². The third-order valence-corrected chi connectivity index (χ3v) is 2.43. The van der Waals surface area contributed by atoms with Crippen molar-refractivity contribution in [2.24, 2.45) is 5.73 Å². The van der Waals surface area contributed by atoms with Gasteiger partial charge in [0.25, 0.3) is 0 Å². The number of carboxylic acid groups (broad SMARTS) is 1. The van der Waals surface area contributed by atoms with Crippen LogP contribution in [0.15, 0.2) is 12.1 Å². The number of nitrogens with one attached hydrogen (secondary N) is 1. The number of carboxylic acids is 1. The summed E-state index contributed by atoms with van der Waals surface area (Å²) in [5.74, 6) is -2.03. The number of hydrogen-bond donors (Lipinski definition) is 3. The van der Waals surface area contributed by atoms with Crippen LogP contribution < -0.4 is 11.1 Å². The van der Waals surface area contributed by atoms with Crippen molar-refractivity contribution in [1.82, 2.24) is 9.88 Å². The highest BCUT2D eigenvalue weighted by molar-refractivity contribution is 5.94. The number of carbonyl (C=O) groups excluding carboxylic acids is 2. The van der Waals surface area contributed by atoms with E-state index in [0.29, 0.717) is 11.4 Å². The van der Waals surface area contributed by atoms with Crippen LogP contribution >= 0.6 is 0 Å². The van der Waals surface area contributed by atoms with Crippen LogP contribution in [0.25, 0.3) is 0 Å². The number of nitrogens with two attached hydrogens (primary N) is 1. The zero-order valence-corrected chi connectivity index (χ0v) is 11.2. The molecule has 0 saturated carbocycles. The molecule has 0 aliphatic rings. The normalized spacial score (nSPS) is 9.90. The van der Waals surface area contributed by atoms with Crippen LogP contribution in [0.5, 0.6) is 0 Å². The summed E-state index contributed by atoms with van der Waals surface area (Å²) >= 11 is 0. The molecule has 8 heteroatoms. The molecule has 1 aromatic heterocycles. The third kappa shape index (κ3) is 4.56. The molecule has 1 aromatic rings. The fourth-order valence-electron chi connectivity index (χ4n) is 1.56. The van der Waals surface area contributed by atoms with Crippen LogP contribution in [0.2, 0.25) is 0 Å². The maximum atomic E-state index is 11.9. The van der Waals surface area contributed by atoms with Gasteiger partial charge < -0.3 is 21.1 Å². The molecule has 0 unspecified atom stereocenters. The van der Waals surface area contributed by atoms with Gasteiger partial charge in [-0.3, -0.25) is 14.6 Å². The van der Waals surface area contributed by atoms with Gasteiger partial charge in [-0.1, -0.05) is 0 Å². The number of nitrogens with zero attached hydrogens (tertiary/aromatic N) is 2. The number of anilines is 1. The van der Waals surface area contributed by atoms with Gasteiger partial charge in [0.15, 0.2) is 0 Å². The number of hydrogen-bond acceptors (Lipinski definition) is 4. The fourth-order valence-corrected chi connectivity index (χ4v) is 1.56. The van der Waals surface area contributed by atoms with Crippen molar-refractivity contribution in [3.05, 3.63) is 23.5 Å². The highest BCUT2D eigenvalue weighted by atomic mass is 16.4. The Kier molecular flexibility index (Phi) is 5.01. The molecule has 0 aliphatic carbocycles. The molecule has 0 atom stereocenters. The Balaban J connectivity index is 2.84. The molecule has 3 amide bonds. The van der Waals surface area contributed by atoms with Gasteiger partial charge in [0, 0.05) is 5.69 Å². The van der Waals surface area contributed by atoms with E-state index in [-0.39, 0.29) is 0 Å². The summed E-state index contributed by atoms with van der Waals surface area (Å²) in [6, 6.07) is 2.64. The van der Waals surface area contributed by atoms with E-state index in [4.69, 9.17) is 10.8 Å². The molecule has 0 fully saturated rings. The van der Waals surface area contributed by atoms with E-state index in [0.717, 1.165) is 10.6 Å². The van der Waals surface area contributed by atoms with Gasteiger partial charge in [-0.25, -0.2) is 4.79 Å². The lowest BCUT2D eigenvalue weighted by Crippen LogP contribution is -2.43. The number of amides is 3. The summed E-state index contributed by atoms with van der Waals surface area (Å²) in [5, 5.41) is 11.2. The SMILES string of the molecule is Cc1ccc(NC(=O)N(CC(N)=O)CC(=O)O)c(C)n1. The van der Waals surface area contributed by atoms with Gasteiger partial charge in [0.1, 0.15) is 13.1 Å². The second-order valence-corrected chi connectivity index (χ2v) is 4.23. The van der Waals surface area contributed by atoms with E-state index in [2.05, 4.69) is 10.3 Å². The van der Waals surface area contributed by atoms with Crippen molar-refractivity contribution < 1.29 is 19.5 Å². The molecule has 0 saturated heterocycles. The number of carbonyl (C=O) groups is 3. The second-order valence-electron chi connectivity index (χ2n) is 4.23. The minimum absolute atomic E-state index is 0.445. The summed E-state index contributed by atoms with van der Waals surface area (Å²) in [6.07, 6.45) is 0. The van der Waals surface area contributed by atoms with E-state index >= 15 is 0 Å². The van der Waals surface area contributed by atoms with E-state index in [1.165, 1.54) is 0 Å². The number of primary amides is 1. The molecule has 4 N–H and O–H groups in total. The number of rotatable bonds is 5. The Labute approximate surface area is 115 Å². The number of aryl methyl sites for hydroxylation is 2. The minimum Gasteiger partial charge on any atom is -0.480 e. The van der Waals surface area contributed by atoms with Crippen molar-refractivity contribution in [2.75, 3.05) is 18.4 Å². The number of pyridine rings is 1. The fraction of sp³-hybridized carbons (Fsp3) is 0.333. The quantitative estimate of drug-likeness (QED) is 0.705. The van der Waals surface area contributed by atoms with Crippen molar-refractivity contribution in [1.29, 1.82) is 0 Å². The van der Waals surface area contributed by atoms with Crippen LogP contribution in [0, 0.1) is 13.8 Å². The summed E-state index contributed by atoms with van der Waals surface area (Å²) in [6.45, 7) is 2.42. The number of urea groups is 1. The Morgan fingerprint density at radius 2 is 1.95 bits per heavy atom. The smallest absolute Gasteiger partial charge is 0.323 e. The average molecular weight is 280 g/mol. The van der Waals surface area contributed by atoms with Gasteiger partial charge in [-0.15, -0.1) is 0 Å². The van der Waals surface area contributed by atoms with Crippen LogP contribution in [0.4, 0.5) is 10.5 Å². The molecule has 0 bridgehead atoms. The topological polar surface area (TPSA) is 126 Å². The molecule has 0 radical (unpaired) electrons. The molecular weight excluding hydrogens is 264 g/mol. The highest BCUT2D eigenvalue weighted by Crippen LogP contribution is 2.13. The maximum Gasteiger partial charge on any atom is 0.323 e.